The zero-order valence-corrected chi connectivity index (χ0v) is 9.40. The number of halogens is 2. The minimum Gasteiger partial charge on any atom is -0.506 e. The molecule has 0 aliphatic carbocycles. The Balaban J connectivity index is 2.63. The Labute approximate surface area is 101 Å². The molecule has 4 nitrogen and oxygen atoms in total. The lowest BCUT2D eigenvalue weighted by Crippen LogP contribution is -2.19. The first kappa shape index (κ1) is 11.0. The number of rotatable bonds is 1. The average Bonchev–Trinajstić information content (AvgIpc) is 2.15. The summed E-state index contributed by atoms with van der Waals surface area (Å²) in [5.41, 5.74) is -0.0131. The van der Waals surface area contributed by atoms with Crippen LogP contribution in [0.3, 0.4) is 0 Å². The van der Waals surface area contributed by atoms with Crippen molar-refractivity contribution in [2.75, 3.05) is 0 Å². The third kappa shape index (κ3) is 2.18. The molecule has 1 aromatic heterocycles. The number of benzene rings is 1. The van der Waals surface area contributed by atoms with Crippen LogP contribution in [0.25, 0.3) is 5.69 Å². The van der Waals surface area contributed by atoms with E-state index in [2.05, 4.69) is 5.10 Å². The second kappa shape index (κ2) is 4.15. The van der Waals surface area contributed by atoms with Gasteiger partial charge in [-0.25, -0.2) is 0 Å². The molecule has 16 heavy (non-hydrogen) atoms. The van der Waals surface area contributed by atoms with Gasteiger partial charge in [-0.1, -0.05) is 23.2 Å². The van der Waals surface area contributed by atoms with Gasteiger partial charge in [-0.15, -0.1) is 0 Å². The predicted octanol–water partition coefficient (Wildman–Crippen LogP) is 2.24. The van der Waals surface area contributed by atoms with Crippen LogP contribution in [-0.4, -0.2) is 14.9 Å². The molecule has 1 N–H and O–H groups in total. The highest BCUT2D eigenvalue weighted by Crippen LogP contribution is 2.20. The van der Waals surface area contributed by atoms with Gasteiger partial charge in [0.25, 0.3) is 5.56 Å². The Morgan fingerprint density at radius 2 is 1.75 bits per heavy atom. The largest absolute Gasteiger partial charge is 0.506 e. The molecule has 0 saturated carbocycles. The quantitative estimate of drug-likeness (QED) is 0.852. The van der Waals surface area contributed by atoms with E-state index >= 15 is 0 Å². The SMILES string of the molecule is O=c1cc(O)cnn1-c1cc(Cl)cc(Cl)c1. The van der Waals surface area contributed by atoms with Crippen molar-refractivity contribution in [3.63, 3.8) is 0 Å². The summed E-state index contributed by atoms with van der Waals surface area (Å²) in [7, 11) is 0. The van der Waals surface area contributed by atoms with Crippen LogP contribution in [0.1, 0.15) is 0 Å². The van der Waals surface area contributed by atoms with Crippen LogP contribution in [0.2, 0.25) is 10.0 Å². The molecule has 2 rings (SSSR count). The summed E-state index contributed by atoms with van der Waals surface area (Å²) in [6, 6.07) is 5.72. The lowest BCUT2D eigenvalue weighted by atomic mass is 10.3. The van der Waals surface area contributed by atoms with Gasteiger partial charge in [-0.2, -0.15) is 9.78 Å². The standard InChI is InChI=1S/C10H6Cl2N2O2/c11-6-1-7(12)3-8(2-6)14-10(16)4-9(15)5-13-14/h1-5,15H. The van der Waals surface area contributed by atoms with E-state index in [4.69, 9.17) is 28.3 Å². The van der Waals surface area contributed by atoms with E-state index in [-0.39, 0.29) is 5.75 Å². The van der Waals surface area contributed by atoms with E-state index < -0.39 is 5.56 Å². The molecule has 0 radical (unpaired) electrons. The molecule has 0 aliphatic heterocycles. The highest BCUT2D eigenvalue weighted by Gasteiger charge is 2.04. The molecule has 0 unspecified atom stereocenters. The van der Waals surface area contributed by atoms with Crippen LogP contribution in [0.15, 0.2) is 35.3 Å². The molecule has 2 aromatic rings. The maximum Gasteiger partial charge on any atom is 0.275 e. The van der Waals surface area contributed by atoms with Gasteiger partial charge in [-0.05, 0) is 18.2 Å². The molecule has 82 valence electrons. The first-order valence-electron chi connectivity index (χ1n) is 4.31. The summed E-state index contributed by atoms with van der Waals surface area (Å²) >= 11 is 11.6. The Hall–Kier alpha value is -1.52. The average molecular weight is 257 g/mol. The maximum absolute atomic E-state index is 11.5. The number of aromatic hydroxyl groups is 1. The summed E-state index contributed by atoms with van der Waals surface area (Å²) in [6.45, 7) is 0. The molecule has 0 fully saturated rings. The molecular weight excluding hydrogens is 251 g/mol. The van der Waals surface area contributed by atoms with E-state index in [1.165, 1.54) is 0 Å². The second-order valence-corrected chi connectivity index (χ2v) is 3.96. The van der Waals surface area contributed by atoms with Crippen LogP contribution in [0, 0.1) is 0 Å². The van der Waals surface area contributed by atoms with E-state index in [1.54, 1.807) is 18.2 Å². The first-order valence-corrected chi connectivity index (χ1v) is 5.07. The van der Waals surface area contributed by atoms with Gasteiger partial charge in [0.2, 0.25) is 0 Å². The molecule has 0 atom stereocenters. The van der Waals surface area contributed by atoms with Gasteiger partial charge in [0, 0.05) is 16.1 Å². The van der Waals surface area contributed by atoms with E-state index in [0.29, 0.717) is 15.7 Å². The fourth-order valence-corrected chi connectivity index (χ4v) is 1.77. The van der Waals surface area contributed by atoms with Crippen LogP contribution in [0.4, 0.5) is 0 Å². The van der Waals surface area contributed by atoms with Gasteiger partial charge >= 0.3 is 0 Å². The van der Waals surface area contributed by atoms with Crippen LogP contribution in [0.5, 0.6) is 5.75 Å². The summed E-state index contributed by atoms with van der Waals surface area (Å²) in [6.07, 6.45) is 1.16. The molecular formula is C10H6Cl2N2O2. The Kier molecular flexibility index (Phi) is 2.85. The molecule has 1 heterocycles. The van der Waals surface area contributed by atoms with Crippen LogP contribution >= 0.6 is 23.2 Å². The summed E-state index contributed by atoms with van der Waals surface area (Å²) < 4.78 is 1.09. The lowest BCUT2D eigenvalue weighted by molar-refractivity contribution is 0.467. The van der Waals surface area contributed by atoms with Crippen LogP contribution < -0.4 is 5.56 Å². The molecule has 0 bridgehead atoms. The number of hydrogen-bond acceptors (Lipinski definition) is 3. The zero-order valence-electron chi connectivity index (χ0n) is 7.89. The minimum absolute atomic E-state index is 0.186. The van der Waals surface area contributed by atoms with E-state index in [1.807, 2.05) is 0 Å². The molecule has 6 heteroatoms. The van der Waals surface area contributed by atoms with Crippen molar-refractivity contribution in [2.45, 2.75) is 0 Å². The summed E-state index contributed by atoms with van der Waals surface area (Å²) in [4.78, 5) is 11.5. The topological polar surface area (TPSA) is 55.1 Å². The van der Waals surface area contributed by atoms with Gasteiger partial charge in [0.1, 0.15) is 5.75 Å². The third-order valence-corrected chi connectivity index (χ3v) is 2.31. The minimum atomic E-state index is -0.460. The summed E-state index contributed by atoms with van der Waals surface area (Å²) in [5, 5.41) is 13.6. The second-order valence-electron chi connectivity index (χ2n) is 3.09. The Bertz CT molecular complexity index is 575. The molecule has 0 aliphatic rings. The van der Waals surface area contributed by atoms with E-state index in [0.717, 1.165) is 16.9 Å². The third-order valence-electron chi connectivity index (χ3n) is 1.88. The molecule has 0 saturated heterocycles. The van der Waals surface area contributed by atoms with E-state index in [9.17, 15) is 4.79 Å². The van der Waals surface area contributed by atoms with Gasteiger partial charge in [0.15, 0.2) is 0 Å². The number of aromatic nitrogens is 2. The number of hydrogen-bond donors (Lipinski definition) is 1. The fourth-order valence-electron chi connectivity index (χ4n) is 1.25. The summed E-state index contributed by atoms with van der Waals surface area (Å²) in [5.74, 6) is -0.186. The Morgan fingerprint density at radius 3 is 2.31 bits per heavy atom. The lowest BCUT2D eigenvalue weighted by Gasteiger charge is -2.05. The van der Waals surface area contributed by atoms with Crippen molar-refractivity contribution < 1.29 is 5.11 Å². The fraction of sp³-hybridized carbons (Fsp3) is 0. The van der Waals surface area contributed by atoms with Crippen molar-refractivity contribution in [3.05, 3.63) is 50.9 Å². The van der Waals surface area contributed by atoms with Crippen molar-refractivity contribution in [1.82, 2.24) is 9.78 Å². The van der Waals surface area contributed by atoms with Crippen LogP contribution in [-0.2, 0) is 0 Å². The van der Waals surface area contributed by atoms with Crippen molar-refractivity contribution in [1.29, 1.82) is 0 Å². The molecule has 0 spiro atoms. The molecule has 0 amide bonds. The first-order chi connectivity index (χ1) is 7.56. The predicted molar refractivity (Wildman–Crippen MR) is 61.5 cm³/mol. The van der Waals surface area contributed by atoms with Gasteiger partial charge in [0.05, 0.1) is 11.9 Å². The normalized spacial score (nSPS) is 10.4. The smallest absolute Gasteiger partial charge is 0.275 e. The maximum atomic E-state index is 11.5. The van der Waals surface area contributed by atoms with Gasteiger partial charge < -0.3 is 5.11 Å². The highest BCUT2D eigenvalue weighted by atomic mass is 35.5. The number of nitrogens with zero attached hydrogens (tertiary/aromatic N) is 2. The van der Waals surface area contributed by atoms with Gasteiger partial charge in [-0.3, -0.25) is 4.79 Å². The molecule has 1 aromatic carbocycles. The van der Waals surface area contributed by atoms with Crippen molar-refractivity contribution >= 4 is 23.2 Å². The zero-order chi connectivity index (χ0) is 11.7. The van der Waals surface area contributed by atoms with Crippen molar-refractivity contribution in [2.24, 2.45) is 0 Å². The highest BCUT2D eigenvalue weighted by molar-refractivity contribution is 6.34. The monoisotopic (exact) mass is 256 g/mol. The van der Waals surface area contributed by atoms with Crippen molar-refractivity contribution in [3.8, 4) is 11.4 Å². The Morgan fingerprint density at radius 1 is 1.12 bits per heavy atom.